The van der Waals surface area contributed by atoms with Crippen molar-refractivity contribution in [2.75, 3.05) is 11.9 Å². The number of halogens is 2. The molecule has 106 valence electrons. The van der Waals surface area contributed by atoms with Crippen molar-refractivity contribution in [1.82, 2.24) is 0 Å². The first kappa shape index (κ1) is 15.1. The van der Waals surface area contributed by atoms with Crippen LogP contribution in [0.15, 0.2) is 43.9 Å². The molecule has 1 aromatic carbocycles. The van der Waals surface area contributed by atoms with Gasteiger partial charge in [0.25, 0.3) is 0 Å². The first-order valence-corrected chi connectivity index (χ1v) is 7.62. The minimum atomic E-state index is -0.325. The fourth-order valence-electron chi connectivity index (χ4n) is 1.63. The largest absolute Gasteiger partial charge is 0.466 e. The quantitative estimate of drug-likeness (QED) is 0.743. The van der Waals surface area contributed by atoms with Crippen LogP contribution in [0, 0.1) is 0 Å². The van der Waals surface area contributed by atoms with E-state index in [2.05, 4.69) is 37.2 Å². The highest BCUT2D eigenvalue weighted by atomic mass is 79.9. The van der Waals surface area contributed by atoms with Gasteiger partial charge in [-0.1, -0.05) is 0 Å². The molecule has 0 aliphatic rings. The summed E-state index contributed by atoms with van der Waals surface area (Å²) in [6.45, 7) is 2.69. The average molecular weight is 403 g/mol. The number of nitrogens with one attached hydrogen (secondary N) is 1. The SMILES string of the molecule is CCOC(=O)c1ccc(NCc2occc2Br)c(Br)c1. The normalized spacial score (nSPS) is 10.3. The Hall–Kier alpha value is -1.27. The molecule has 0 saturated heterocycles. The number of benzene rings is 1. The molecule has 1 heterocycles. The van der Waals surface area contributed by atoms with Gasteiger partial charge in [-0.05, 0) is 63.0 Å². The highest BCUT2D eigenvalue weighted by Gasteiger charge is 2.10. The second-order valence-corrected chi connectivity index (χ2v) is 5.67. The lowest BCUT2D eigenvalue weighted by molar-refractivity contribution is 0.0526. The van der Waals surface area contributed by atoms with Gasteiger partial charge in [-0.3, -0.25) is 0 Å². The minimum Gasteiger partial charge on any atom is -0.466 e. The summed E-state index contributed by atoms with van der Waals surface area (Å²) in [7, 11) is 0. The van der Waals surface area contributed by atoms with Crippen LogP contribution >= 0.6 is 31.9 Å². The summed E-state index contributed by atoms with van der Waals surface area (Å²) in [5.41, 5.74) is 1.39. The molecule has 6 heteroatoms. The van der Waals surface area contributed by atoms with Crippen molar-refractivity contribution in [2.45, 2.75) is 13.5 Å². The Morgan fingerprint density at radius 1 is 1.30 bits per heavy atom. The lowest BCUT2D eigenvalue weighted by Crippen LogP contribution is -2.05. The average Bonchev–Trinajstić information content (AvgIpc) is 2.83. The Balaban J connectivity index is 2.06. The molecule has 0 aliphatic carbocycles. The molecule has 0 bridgehead atoms. The van der Waals surface area contributed by atoms with Crippen LogP contribution < -0.4 is 5.32 Å². The van der Waals surface area contributed by atoms with Gasteiger partial charge in [-0.15, -0.1) is 0 Å². The molecule has 0 unspecified atom stereocenters. The number of carbonyl (C=O) groups is 1. The molecule has 0 spiro atoms. The fourth-order valence-corrected chi connectivity index (χ4v) is 2.49. The molecule has 4 nitrogen and oxygen atoms in total. The van der Waals surface area contributed by atoms with E-state index < -0.39 is 0 Å². The fraction of sp³-hybridized carbons (Fsp3) is 0.214. The van der Waals surface area contributed by atoms with Gasteiger partial charge in [0.1, 0.15) is 5.76 Å². The van der Waals surface area contributed by atoms with Crippen LogP contribution in [0.5, 0.6) is 0 Å². The van der Waals surface area contributed by atoms with E-state index in [4.69, 9.17) is 9.15 Å². The smallest absolute Gasteiger partial charge is 0.338 e. The molecule has 2 rings (SSSR count). The zero-order chi connectivity index (χ0) is 14.5. The van der Waals surface area contributed by atoms with E-state index in [1.165, 1.54) is 0 Å². The summed E-state index contributed by atoms with van der Waals surface area (Å²) in [4.78, 5) is 11.6. The first-order chi connectivity index (χ1) is 9.61. The number of rotatable bonds is 5. The maximum atomic E-state index is 11.6. The van der Waals surface area contributed by atoms with Crippen molar-refractivity contribution >= 4 is 43.5 Å². The van der Waals surface area contributed by atoms with Gasteiger partial charge in [0.05, 0.1) is 29.5 Å². The number of hydrogen-bond donors (Lipinski definition) is 1. The van der Waals surface area contributed by atoms with Crippen molar-refractivity contribution < 1.29 is 13.9 Å². The van der Waals surface area contributed by atoms with Gasteiger partial charge in [0.2, 0.25) is 0 Å². The highest BCUT2D eigenvalue weighted by Crippen LogP contribution is 2.26. The second kappa shape index (κ2) is 6.95. The van der Waals surface area contributed by atoms with Gasteiger partial charge in [0, 0.05) is 10.2 Å². The first-order valence-electron chi connectivity index (χ1n) is 6.04. The summed E-state index contributed by atoms with van der Waals surface area (Å²) in [5.74, 6) is 0.486. The molecular formula is C14H13Br2NO3. The molecule has 0 atom stereocenters. The third kappa shape index (κ3) is 3.64. The third-order valence-corrected chi connectivity index (χ3v) is 3.97. The predicted octanol–water partition coefficient (Wildman–Crippen LogP) is 4.59. The number of hydrogen-bond acceptors (Lipinski definition) is 4. The minimum absolute atomic E-state index is 0.325. The van der Waals surface area contributed by atoms with Crippen molar-refractivity contribution in [3.63, 3.8) is 0 Å². The number of furan rings is 1. The lowest BCUT2D eigenvalue weighted by atomic mass is 10.2. The Bertz CT molecular complexity index is 610. The molecule has 1 N–H and O–H groups in total. The molecule has 0 aliphatic heterocycles. The van der Waals surface area contributed by atoms with E-state index >= 15 is 0 Å². The van der Waals surface area contributed by atoms with Crippen molar-refractivity contribution in [3.05, 3.63) is 50.8 Å². The van der Waals surface area contributed by atoms with E-state index in [1.807, 2.05) is 12.1 Å². The Morgan fingerprint density at radius 3 is 2.70 bits per heavy atom. The van der Waals surface area contributed by atoms with E-state index in [-0.39, 0.29) is 5.97 Å². The van der Waals surface area contributed by atoms with Crippen molar-refractivity contribution in [2.24, 2.45) is 0 Å². The van der Waals surface area contributed by atoms with Crippen LogP contribution in [-0.2, 0) is 11.3 Å². The Kier molecular flexibility index (Phi) is 5.25. The monoisotopic (exact) mass is 401 g/mol. The number of carbonyl (C=O) groups excluding carboxylic acids is 1. The number of anilines is 1. The van der Waals surface area contributed by atoms with E-state index in [0.29, 0.717) is 18.7 Å². The van der Waals surface area contributed by atoms with Crippen molar-refractivity contribution in [3.8, 4) is 0 Å². The molecule has 0 radical (unpaired) electrons. The lowest BCUT2D eigenvalue weighted by Gasteiger charge is -2.09. The molecule has 2 aromatic rings. The number of esters is 1. The standard InChI is InChI=1S/C14H13Br2NO3/c1-2-19-14(18)9-3-4-12(11(16)7-9)17-8-13-10(15)5-6-20-13/h3-7,17H,2,8H2,1H3. The maximum absolute atomic E-state index is 11.6. The van der Waals surface area contributed by atoms with Crippen LogP contribution in [0.4, 0.5) is 5.69 Å². The van der Waals surface area contributed by atoms with E-state index in [0.717, 1.165) is 20.4 Å². The maximum Gasteiger partial charge on any atom is 0.338 e. The van der Waals surface area contributed by atoms with Crippen LogP contribution in [-0.4, -0.2) is 12.6 Å². The second-order valence-electron chi connectivity index (χ2n) is 3.96. The van der Waals surface area contributed by atoms with Gasteiger partial charge in [0.15, 0.2) is 0 Å². The molecule has 0 saturated carbocycles. The molecular weight excluding hydrogens is 390 g/mol. The van der Waals surface area contributed by atoms with E-state index in [9.17, 15) is 4.79 Å². The van der Waals surface area contributed by atoms with Crippen LogP contribution in [0.1, 0.15) is 23.0 Å². The zero-order valence-corrected chi connectivity index (χ0v) is 14.0. The topological polar surface area (TPSA) is 51.5 Å². The van der Waals surface area contributed by atoms with Gasteiger partial charge >= 0.3 is 5.97 Å². The molecule has 0 fully saturated rings. The zero-order valence-electron chi connectivity index (χ0n) is 10.8. The third-order valence-electron chi connectivity index (χ3n) is 2.61. The summed E-state index contributed by atoms with van der Waals surface area (Å²) in [6.07, 6.45) is 1.62. The van der Waals surface area contributed by atoms with Gasteiger partial charge in [-0.25, -0.2) is 4.79 Å². The highest BCUT2D eigenvalue weighted by molar-refractivity contribution is 9.10. The van der Waals surface area contributed by atoms with Crippen molar-refractivity contribution in [1.29, 1.82) is 0 Å². The van der Waals surface area contributed by atoms with Crippen LogP contribution in [0.2, 0.25) is 0 Å². The van der Waals surface area contributed by atoms with E-state index in [1.54, 1.807) is 25.3 Å². The Labute approximate surface area is 133 Å². The van der Waals surface area contributed by atoms with Crippen LogP contribution in [0.25, 0.3) is 0 Å². The number of ether oxygens (including phenoxy) is 1. The molecule has 1 aromatic heterocycles. The summed E-state index contributed by atoms with van der Waals surface area (Å²) >= 11 is 6.84. The molecule has 20 heavy (non-hydrogen) atoms. The predicted molar refractivity (Wildman–Crippen MR) is 83.8 cm³/mol. The molecule has 0 amide bonds. The van der Waals surface area contributed by atoms with Gasteiger partial charge in [-0.2, -0.15) is 0 Å². The van der Waals surface area contributed by atoms with Crippen LogP contribution in [0.3, 0.4) is 0 Å². The Morgan fingerprint density at radius 2 is 2.10 bits per heavy atom. The summed E-state index contributed by atoms with van der Waals surface area (Å²) < 4.78 is 12.0. The summed E-state index contributed by atoms with van der Waals surface area (Å²) in [6, 6.07) is 7.13. The summed E-state index contributed by atoms with van der Waals surface area (Å²) in [5, 5.41) is 3.23. The van der Waals surface area contributed by atoms with Gasteiger partial charge < -0.3 is 14.5 Å².